The van der Waals surface area contributed by atoms with Crippen molar-refractivity contribution in [2.24, 2.45) is 0 Å². The average molecular weight is 286 g/mol. The molecule has 0 N–H and O–H groups in total. The number of ether oxygens (including phenoxy) is 2. The summed E-state index contributed by atoms with van der Waals surface area (Å²) in [6.45, 7) is 0.720. The molecule has 1 heterocycles. The molecule has 0 bridgehead atoms. The third-order valence-electron chi connectivity index (χ3n) is 3.10. The molecule has 1 fully saturated rings. The average Bonchev–Trinajstić information content (AvgIpc) is 2.44. The highest BCUT2D eigenvalue weighted by Crippen LogP contribution is 2.29. The fourth-order valence-corrected chi connectivity index (χ4v) is 1.98. The van der Waals surface area contributed by atoms with Crippen molar-refractivity contribution < 1.29 is 22.6 Å². The molecule has 2 rings (SSSR count). The standard InChI is InChI=1S/C15H17F3O2/c16-15(17,18)13-8-6-12(7-9-13)4-3-11-20-14-5-1-2-10-19-14/h3,6-9,11,14H,1-2,4-5,10H2/b11-3+. The highest BCUT2D eigenvalue weighted by molar-refractivity contribution is 5.25. The lowest BCUT2D eigenvalue weighted by Crippen LogP contribution is -2.19. The normalized spacial score (nSPS) is 20.2. The minimum atomic E-state index is -4.28. The Labute approximate surface area is 116 Å². The lowest BCUT2D eigenvalue weighted by atomic mass is 10.1. The summed E-state index contributed by atoms with van der Waals surface area (Å²) in [6.07, 6.45) is 2.44. The van der Waals surface area contributed by atoms with Gasteiger partial charge in [-0.15, -0.1) is 0 Å². The molecule has 0 spiro atoms. The van der Waals surface area contributed by atoms with Gasteiger partial charge in [-0.25, -0.2) is 0 Å². The molecule has 5 heteroatoms. The van der Waals surface area contributed by atoms with Crippen LogP contribution in [0.1, 0.15) is 30.4 Å². The number of hydrogen-bond donors (Lipinski definition) is 0. The van der Waals surface area contributed by atoms with Gasteiger partial charge >= 0.3 is 6.18 Å². The van der Waals surface area contributed by atoms with E-state index in [4.69, 9.17) is 9.47 Å². The lowest BCUT2D eigenvalue weighted by molar-refractivity contribution is -0.137. The Bertz CT molecular complexity index is 431. The fraction of sp³-hybridized carbons (Fsp3) is 0.467. The van der Waals surface area contributed by atoms with E-state index in [0.29, 0.717) is 6.42 Å². The molecule has 0 saturated carbocycles. The van der Waals surface area contributed by atoms with Crippen molar-refractivity contribution in [3.63, 3.8) is 0 Å². The smallest absolute Gasteiger partial charge is 0.416 e. The summed E-state index contributed by atoms with van der Waals surface area (Å²) in [4.78, 5) is 0. The van der Waals surface area contributed by atoms with Gasteiger partial charge in [0.05, 0.1) is 18.4 Å². The third-order valence-corrected chi connectivity index (χ3v) is 3.10. The minimum Gasteiger partial charge on any atom is -0.473 e. The van der Waals surface area contributed by atoms with Crippen LogP contribution in [0, 0.1) is 0 Å². The van der Waals surface area contributed by atoms with Crippen molar-refractivity contribution in [1.82, 2.24) is 0 Å². The van der Waals surface area contributed by atoms with Crippen LogP contribution in [0.15, 0.2) is 36.6 Å². The molecule has 0 aliphatic carbocycles. The van der Waals surface area contributed by atoms with Gasteiger partial charge in [0.25, 0.3) is 0 Å². The summed E-state index contributed by atoms with van der Waals surface area (Å²) in [5, 5.41) is 0. The zero-order valence-electron chi connectivity index (χ0n) is 11.0. The Morgan fingerprint density at radius 1 is 1.20 bits per heavy atom. The van der Waals surface area contributed by atoms with Crippen molar-refractivity contribution in [3.8, 4) is 0 Å². The largest absolute Gasteiger partial charge is 0.473 e. The molecule has 20 heavy (non-hydrogen) atoms. The summed E-state index contributed by atoms with van der Waals surface area (Å²) in [5.41, 5.74) is 0.180. The summed E-state index contributed by atoms with van der Waals surface area (Å²) in [6, 6.07) is 5.14. The Morgan fingerprint density at radius 3 is 2.55 bits per heavy atom. The van der Waals surface area contributed by atoms with Gasteiger partial charge in [0.1, 0.15) is 0 Å². The molecule has 1 atom stereocenters. The van der Waals surface area contributed by atoms with E-state index in [1.165, 1.54) is 12.1 Å². The molecule has 110 valence electrons. The second kappa shape index (κ2) is 6.79. The molecule has 0 radical (unpaired) electrons. The van der Waals surface area contributed by atoms with E-state index >= 15 is 0 Å². The summed E-state index contributed by atoms with van der Waals surface area (Å²) < 4.78 is 47.9. The number of hydrogen-bond acceptors (Lipinski definition) is 2. The molecular formula is C15H17F3O2. The highest BCUT2D eigenvalue weighted by atomic mass is 19.4. The number of rotatable bonds is 4. The van der Waals surface area contributed by atoms with Gasteiger partial charge in [-0.2, -0.15) is 13.2 Å². The molecule has 0 amide bonds. The molecule has 0 aromatic heterocycles. The van der Waals surface area contributed by atoms with Crippen LogP contribution in [0.5, 0.6) is 0 Å². The SMILES string of the molecule is FC(F)(F)c1ccc(C/C=C/OC2CCCCO2)cc1. The first-order valence-electron chi connectivity index (χ1n) is 6.64. The van der Waals surface area contributed by atoms with E-state index in [1.807, 2.05) is 0 Å². The lowest BCUT2D eigenvalue weighted by Gasteiger charge is -2.21. The van der Waals surface area contributed by atoms with Crippen LogP contribution in [0.25, 0.3) is 0 Å². The van der Waals surface area contributed by atoms with Gasteiger partial charge in [-0.05, 0) is 43.0 Å². The molecule has 1 aromatic rings. The monoisotopic (exact) mass is 286 g/mol. The number of halogens is 3. The summed E-state index contributed by atoms with van der Waals surface area (Å²) in [5.74, 6) is 0. The Morgan fingerprint density at radius 2 is 1.95 bits per heavy atom. The third kappa shape index (κ3) is 4.56. The van der Waals surface area contributed by atoms with Crippen molar-refractivity contribution in [3.05, 3.63) is 47.7 Å². The number of allylic oxidation sites excluding steroid dienone is 1. The van der Waals surface area contributed by atoms with E-state index in [2.05, 4.69) is 0 Å². The van der Waals surface area contributed by atoms with Gasteiger partial charge in [0, 0.05) is 6.42 Å². The Balaban J connectivity index is 1.78. The second-order valence-electron chi connectivity index (χ2n) is 4.70. The van der Waals surface area contributed by atoms with E-state index in [9.17, 15) is 13.2 Å². The maximum atomic E-state index is 12.4. The fourth-order valence-electron chi connectivity index (χ4n) is 1.98. The molecule has 1 saturated heterocycles. The number of alkyl halides is 3. The van der Waals surface area contributed by atoms with E-state index < -0.39 is 11.7 Å². The van der Waals surface area contributed by atoms with Crippen molar-refractivity contribution in [1.29, 1.82) is 0 Å². The maximum absolute atomic E-state index is 12.4. The van der Waals surface area contributed by atoms with Gasteiger partial charge in [-0.1, -0.05) is 12.1 Å². The quantitative estimate of drug-likeness (QED) is 0.768. The van der Waals surface area contributed by atoms with Crippen LogP contribution in [0.3, 0.4) is 0 Å². The van der Waals surface area contributed by atoms with Crippen LogP contribution < -0.4 is 0 Å². The van der Waals surface area contributed by atoms with E-state index in [0.717, 1.165) is 43.6 Å². The zero-order chi connectivity index (χ0) is 14.4. The molecule has 1 unspecified atom stereocenters. The zero-order valence-corrected chi connectivity index (χ0v) is 11.0. The number of benzene rings is 1. The topological polar surface area (TPSA) is 18.5 Å². The first-order valence-corrected chi connectivity index (χ1v) is 6.64. The molecule has 1 aromatic carbocycles. The second-order valence-corrected chi connectivity index (χ2v) is 4.70. The summed E-state index contributed by atoms with van der Waals surface area (Å²) >= 11 is 0. The van der Waals surface area contributed by atoms with Crippen molar-refractivity contribution >= 4 is 0 Å². The van der Waals surface area contributed by atoms with Gasteiger partial charge < -0.3 is 9.47 Å². The molecule has 2 nitrogen and oxygen atoms in total. The van der Waals surface area contributed by atoms with Crippen molar-refractivity contribution in [2.75, 3.05) is 6.61 Å². The van der Waals surface area contributed by atoms with Crippen LogP contribution in [0.4, 0.5) is 13.2 Å². The van der Waals surface area contributed by atoms with Gasteiger partial charge in [0.2, 0.25) is 0 Å². The maximum Gasteiger partial charge on any atom is 0.416 e. The predicted molar refractivity (Wildman–Crippen MR) is 69.0 cm³/mol. The van der Waals surface area contributed by atoms with E-state index in [1.54, 1.807) is 12.3 Å². The van der Waals surface area contributed by atoms with Crippen molar-refractivity contribution in [2.45, 2.75) is 38.1 Å². The predicted octanol–water partition coefficient (Wildman–Crippen LogP) is 4.30. The molecule has 1 aliphatic rings. The minimum absolute atomic E-state index is 0.187. The first kappa shape index (κ1) is 14.9. The van der Waals surface area contributed by atoms with Crippen LogP contribution in [-0.4, -0.2) is 12.9 Å². The molecular weight excluding hydrogens is 269 g/mol. The van der Waals surface area contributed by atoms with Crippen LogP contribution in [0.2, 0.25) is 0 Å². The van der Waals surface area contributed by atoms with Crippen LogP contribution in [-0.2, 0) is 22.1 Å². The Kier molecular flexibility index (Phi) is 5.06. The molecule has 1 aliphatic heterocycles. The highest BCUT2D eigenvalue weighted by Gasteiger charge is 2.29. The summed E-state index contributed by atoms with van der Waals surface area (Å²) in [7, 11) is 0. The van der Waals surface area contributed by atoms with Gasteiger partial charge in [-0.3, -0.25) is 0 Å². The first-order chi connectivity index (χ1) is 9.55. The van der Waals surface area contributed by atoms with E-state index in [-0.39, 0.29) is 6.29 Å². The van der Waals surface area contributed by atoms with Gasteiger partial charge in [0.15, 0.2) is 6.29 Å². The Hall–Kier alpha value is -1.49. The van der Waals surface area contributed by atoms with Crippen LogP contribution >= 0.6 is 0 Å².